The van der Waals surface area contributed by atoms with Crippen molar-refractivity contribution in [2.75, 3.05) is 24.5 Å². The molecule has 2 atom stereocenters. The smallest absolute Gasteiger partial charge is 0.267 e. The lowest BCUT2D eigenvalue weighted by Gasteiger charge is -2.19. The average Bonchev–Trinajstić information content (AvgIpc) is 3.85. The standard InChI is InChI=1S/C40H36N8O2/c1-49-37-27-31(23-25-35(37)47-43-39(29-15-7-3-8-16-29)41-45(47)33-19-11-5-12-20-33)32-24-26-36(38(28-32)50-2)48-44-40(30-17-9-4-10-18-30)42-46(48)34-21-13-6-14-22-34/h3-28,39-40,43-44H,1-2H3/q+2. The van der Waals surface area contributed by atoms with Crippen LogP contribution in [0.3, 0.4) is 0 Å². The van der Waals surface area contributed by atoms with Gasteiger partial charge in [0.2, 0.25) is 12.3 Å². The summed E-state index contributed by atoms with van der Waals surface area (Å²) in [7, 11) is 3.37. The highest BCUT2D eigenvalue weighted by Crippen LogP contribution is 2.41. The van der Waals surface area contributed by atoms with Gasteiger partial charge < -0.3 is 9.47 Å². The van der Waals surface area contributed by atoms with Gasteiger partial charge in [-0.2, -0.15) is 0 Å². The molecule has 10 nitrogen and oxygen atoms in total. The number of azo groups is 2. The molecule has 0 saturated heterocycles. The van der Waals surface area contributed by atoms with Gasteiger partial charge in [0.15, 0.2) is 22.9 Å². The van der Waals surface area contributed by atoms with Gasteiger partial charge in [-0.05, 0) is 56.8 Å². The van der Waals surface area contributed by atoms with E-state index in [9.17, 15) is 0 Å². The topological polar surface area (TPSA) is 79.7 Å². The maximum atomic E-state index is 6.00. The molecule has 0 spiro atoms. The first-order valence-electron chi connectivity index (χ1n) is 16.4. The maximum Gasteiger partial charge on any atom is 0.267 e. The van der Waals surface area contributed by atoms with Crippen LogP contribution in [0.4, 0.5) is 22.7 Å². The number of para-hydroxylation sites is 2. The summed E-state index contributed by atoms with van der Waals surface area (Å²) < 4.78 is 12.0. The Morgan fingerprint density at radius 2 is 0.840 bits per heavy atom. The Morgan fingerprint density at radius 1 is 0.480 bits per heavy atom. The zero-order valence-electron chi connectivity index (χ0n) is 27.7. The average molecular weight is 661 g/mol. The molecular weight excluding hydrogens is 624 g/mol. The highest BCUT2D eigenvalue weighted by Gasteiger charge is 2.39. The predicted molar refractivity (Wildman–Crippen MR) is 192 cm³/mol. The van der Waals surface area contributed by atoms with Crippen molar-refractivity contribution in [3.63, 3.8) is 0 Å². The van der Waals surface area contributed by atoms with Crippen LogP contribution in [0.15, 0.2) is 168 Å². The second-order valence-corrected chi connectivity index (χ2v) is 11.8. The summed E-state index contributed by atoms with van der Waals surface area (Å²) in [6, 6.07) is 52.8. The summed E-state index contributed by atoms with van der Waals surface area (Å²) in [6.07, 6.45) is -0.555. The number of ether oxygens (including phenoxy) is 2. The summed E-state index contributed by atoms with van der Waals surface area (Å²) >= 11 is 0. The molecule has 10 heteroatoms. The van der Waals surface area contributed by atoms with E-state index in [4.69, 9.17) is 19.7 Å². The van der Waals surface area contributed by atoms with E-state index in [2.05, 4.69) is 47.2 Å². The van der Waals surface area contributed by atoms with E-state index in [0.29, 0.717) is 11.5 Å². The van der Waals surface area contributed by atoms with E-state index in [1.807, 2.05) is 141 Å². The molecular formula is C40H36N8O2+2. The monoisotopic (exact) mass is 660 g/mol. The van der Waals surface area contributed by atoms with Gasteiger partial charge in [-0.15, -0.1) is 10.9 Å². The Balaban J connectivity index is 1.13. The van der Waals surface area contributed by atoms with Gasteiger partial charge >= 0.3 is 0 Å². The second-order valence-electron chi connectivity index (χ2n) is 11.8. The number of rotatable bonds is 9. The van der Waals surface area contributed by atoms with Gasteiger partial charge in [0, 0.05) is 34.5 Å². The Bertz CT molecular complexity index is 2010. The molecule has 0 aromatic heterocycles. The lowest BCUT2D eigenvalue weighted by Crippen LogP contribution is -2.38. The van der Waals surface area contributed by atoms with Crippen LogP contribution in [0.5, 0.6) is 11.5 Å². The summed E-state index contributed by atoms with van der Waals surface area (Å²) in [5.41, 5.74) is 14.7. The summed E-state index contributed by atoms with van der Waals surface area (Å²) in [4.78, 5) is 3.75. The fraction of sp³-hybridized carbons (Fsp3) is 0.100. The highest BCUT2D eigenvalue weighted by atomic mass is 16.5. The van der Waals surface area contributed by atoms with Gasteiger partial charge in [0.05, 0.1) is 23.8 Å². The van der Waals surface area contributed by atoms with Gasteiger partial charge in [0.1, 0.15) is 0 Å². The first kappa shape index (κ1) is 30.9. The summed E-state index contributed by atoms with van der Waals surface area (Å²) in [6.45, 7) is 0. The second kappa shape index (κ2) is 13.6. The molecule has 50 heavy (non-hydrogen) atoms. The van der Waals surface area contributed by atoms with E-state index >= 15 is 0 Å². The SMILES string of the molecule is COc1cc(-c2ccc(N3NC(c4ccccc4)N=[N+]3c3ccccc3)c(OC)c2)ccc1N1NC(c2ccccc2)N=[N+]1c1ccccc1. The van der Waals surface area contributed by atoms with E-state index in [1.165, 1.54) is 0 Å². The number of nitrogens with one attached hydrogen (secondary N) is 2. The molecule has 2 heterocycles. The van der Waals surface area contributed by atoms with E-state index in [-0.39, 0.29) is 12.3 Å². The summed E-state index contributed by atoms with van der Waals surface area (Å²) in [5, 5.41) is 13.9. The molecule has 0 aliphatic carbocycles. The molecule has 0 radical (unpaired) electrons. The molecule has 6 aromatic carbocycles. The van der Waals surface area contributed by atoms with Crippen molar-refractivity contribution in [3.05, 3.63) is 169 Å². The number of hydrogen-bond acceptors (Lipinski definition) is 8. The van der Waals surface area contributed by atoms with E-state index in [1.54, 1.807) is 14.2 Å². The lowest BCUT2D eigenvalue weighted by molar-refractivity contribution is -0.517. The third kappa shape index (κ3) is 5.94. The van der Waals surface area contributed by atoms with Crippen molar-refractivity contribution in [3.8, 4) is 22.6 Å². The van der Waals surface area contributed by atoms with Crippen molar-refractivity contribution >= 4 is 22.7 Å². The minimum Gasteiger partial charge on any atom is -0.494 e. The first-order valence-corrected chi connectivity index (χ1v) is 16.4. The van der Waals surface area contributed by atoms with Crippen molar-refractivity contribution in [1.82, 2.24) is 10.9 Å². The largest absolute Gasteiger partial charge is 0.494 e. The van der Waals surface area contributed by atoms with Crippen molar-refractivity contribution in [2.24, 2.45) is 10.2 Å². The van der Waals surface area contributed by atoms with Crippen LogP contribution in [-0.4, -0.2) is 23.8 Å². The molecule has 0 amide bonds. The lowest BCUT2D eigenvalue weighted by atomic mass is 10.0. The molecule has 2 unspecified atom stereocenters. The molecule has 8 rings (SSSR count). The number of benzene rings is 6. The molecule has 2 N–H and O–H groups in total. The molecule has 6 aromatic rings. The van der Waals surface area contributed by atoms with Gasteiger partial charge in [-0.1, -0.05) is 109 Å². The van der Waals surface area contributed by atoms with Crippen molar-refractivity contribution < 1.29 is 19.1 Å². The normalized spacial score (nSPS) is 17.0. The van der Waals surface area contributed by atoms with Crippen LogP contribution in [0.1, 0.15) is 23.5 Å². The van der Waals surface area contributed by atoms with Crippen molar-refractivity contribution in [2.45, 2.75) is 12.3 Å². The van der Waals surface area contributed by atoms with Gasteiger partial charge in [0.25, 0.3) is 11.4 Å². The molecule has 0 bridgehead atoms. The molecule has 0 fully saturated rings. The van der Waals surface area contributed by atoms with Gasteiger partial charge in [-0.25, -0.2) is 0 Å². The van der Waals surface area contributed by atoms with Crippen LogP contribution >= 0.6 is 0 Å². The van der Waals surface area contributed by atoms with Crippen LogP contribution in [0.25, 0.3) is 11.1 Å². The third-order valence-corrected chi connectivity index (χ3v) is 8.67. The van der Waals surface area contributed by atoms with Crippen molar-refractivity contribution in [1.29, 1.82) is 0 Å². The molecule has 246 valence electrons. The van der Waals surface area contributed by atoms with Crippen LogP contribution in [0, 0.1) is 0 Å². The number of methoxy groups -OCH3 is 2. The Labute approximate surface area is 290 Å². The minimum absolute atomic E-state index is 0.277. The van der Waals surface area contributed by atoms with E-state index < -0.39 is 0 Å². The van der Waals surface area contributed by atoms with Crippen LogP contribution in [0.2, 0.25) is 0 Å². The number of hydrogen-bond donors (Lipinski definition) is 2. The quantitative estimate of drug-likeness (QED) is 0.151. The summed E-state index contributed by atoms with van der Waals surface area (Å²) in [5.74, 6) is 1.37. The minimum atomic E-state index is -0.277. The third-order valence-electron chi connectivity index (χ3n) is 8.67. The fourth-order valence-electron chi connectivity index (χ4n) is 6.16. The Hall–Kier alpha value is -6.36. The van der Waals surface area contributed by atoms with E-state index in [0.717, 1.165) is 45.0 Å². The maximum absolute atomic E-state index is 6.00. The molecule has 2 aliphatic rings. The number of nitrogens with zero attached hydrogens (tertiary/aromatic N) is 6. The molecule has 0 saturated carbocycles. The zero-order valence-corrected chi connectivity index (χ0v) is 27.7. The Kier molecular flexibility index (Phi) is 8.44. The van der Waals surface area contributed by atoms with Gasteiger partial charge in [-0.3, -0.25) is 0 Å². The van der Waals surface area contributed by atoms with Crippen LogP contribution in [-0.2, 0) is 0 Å². The fourth-order valence-corrected chi connectivity index (χ4v) is 6.16. The number of hydrazine groups is 4. The number of anilines is 2. The Morgan fingerprint density at radius 3 is 1.20 bits per heavy atom. The molecule has 2 aliphatic heterocycles. The van der Waals surface area contributed by atoms with Crippen LogP contribution < -0.4 is 30.6 Å². The zero-order chi connectivity index (χ0) is 33.9. The first-order chi connectivity index (χ1) is 24.7. The predicted octanol–water partition coefficient (Wildman–Crippen LogP) is 8.84. The highest BCUT2D eigenvalue weighted by molar-refractivity contribution is 5.75.